The Morgan fingerprint density at radius 3 is 2.14 bits per heavy atom. The molecule has 0 saturated heterocycles. The molecule has 3 N–H and O–H groups in total. The van der Waals surface area contributed by atoms with Gasteiger partial charge in [0.2, 0.25) is 0 Å². The molecule has 1 amide bonds. The third-order valence-electron chi connectivity index (χ3n) is 4.19. The highest BCUT2D eigenvalue weighted by molar-refractivity contribution is 5.98. The fourth-order valence-corrected chi connectivity index (χ4v) is 2.67. The summed E-state index contributed by atoms with van der Waals surface area (Å²) >= 11 is 0. The molecule has 2 aromatic carbocycles. The number of hydrogen-bond donors (Lipinski definition) is 2. The fourth-order valence-electron chi connectivity index (χ4n) is 2.67. The number of carbonyl (C=O) groups is 1. The van der Waals surface area contributed by atoms with Crippen molar-refractivity contribution in [1.29, 1.82) is 0 Å². The number of nitrogens with one attached hydrogen (secondary N) is 1. The number of aromatic nitrogens is 1. The summed E-state index contributed by atoms with van der Waals surface area (Å²) in [7, 11) is 3.19. The van der Waals surface area contributed by atoms with Crippen LogP contribution < -0.4 is 20.5 Å². The van der Waals surface area contributed by atoms with E-state index in [0.29, 0.717) is 35.9 Å². The normalized spacial score (nSPS) is 10.4. The average molecular weight is 393 g/mol. The van der Waals surface area contributed by atoms with Gasteiger partial charge in [-0.15, -0.1) is 0 Å². The zero-order valence-corrected chi connectivity index (χ0v) is 16.3. The van der Waals surface area contributed by atoms with Gasteiger partial charge < -0.3 is 25.3 Å². The number of nitrogens with zero attached hydrogens (tertiary/aromatic N) is 1. The van der Waals surface area contributed by atoms with E-state index in [9.17, 15) is 4.79 Å². The summed E-state index contributed by atoms with van der Waals surface area (Å²) in [4.78, 5) is 16.5. The van der Waals surface area contributed by atoms with Crippen LogP contribution in [0, 0.1) is 0 Å². The van der Waals surface area contributed by atoms with Crippen LogP contribution in [0.5, 0.6) is 17.2 Å². The molecule has 0 unspecified atom stereocenters. The lowest BCUT2D eigenvalue weighted by Crippen LogP contribution is -2.24. The van der Waals surface area contributed by atoms with E-state index < -0.39 is 0 Å². The number of rotatable bonds is 8. The minimum absolute atomic E-state index is 0.181. The maximum absolute atomic E-state index is 12.4. The van der Waals surface area contributed by atoms with Gasteiger partial charge in [-0.2, -0.15) is 0 Å². The van der Waals surface area contributed by atoms with E-state index in [4.69, 9.17) is 19.9 Å². The van der Waals surface area contributed by atoms with Gasteiger partial charge in [0.25, 0.3) is 5.91 Å². The zero-order valence-electron chi connectivity index (χ0n) is 16.3. The van der Waals surface area contributed by atoms with Gasteiger partial charge in [-0.05, 0) is 54.1 Å². The van der Waals surface area contributed by atoms with E-state index in [1.165, 1.54) is 0 Å². The van der Waals surface area contributed by atoms with E-state index >= 15 is 0 Å². The highest BCUT2D eigenvalue weighted by atomic mass is 16.5. The summed E-state index contributed by atoms with van der Waals surface area (Å²) < 4.78 is 15.9. The maximum Gasteiger partial charge on any atom is 0.255 e. The molecule has 0 aliphatic heterocycles. The predicted molar refractivity (Wildman–Crippen MR) is 110 cm³/mol. The molecule has 0 aliphatic rings. The number of carbonyl (C=O) groups excluding carboxylic acids is 1. The van der Waals surface area contributed by atoms with Gasteiger partial charge in [0.1, 0.15) is 23.1 Å². The van der Waals surface area contributed by atoms with Gasteiger partial charge in [-0.3, -0.25) is 4.79 Å². The van der Waals surface area contributed by atoms with Crippen molar-refractivity contribution in [2.45, 2.75) is 13.2 Å². The number of nitrogen functional groups attached to an aromatic ring is 1. The second-order valence-corrected chi connectivity index (χ2v) is 6.27. The molecule has 0 atom stereocenters. The molecule has 0 radical (unpaired) electrons. The SMILES string of the molecule is COCc1ccc(C(=O)NCc2ccc(Oc3ccc(OC)cc3)cc2)c(N)n1. The summed E-state index contributed by atoms with van der Waals surface area (Å²) in [6.45, 7) is 0.706. The number of nitrogens with two attached hydrogens (primary N) is 1. The van der Waals surface area contributed by atoms with Crippen LogP contribution in [-0.2, 0) is 17.9 Å². The third-order valence-corrected chi connectivity index (χ3v) is 4.19. The molecule has 150 valence electrons. The molecular formula is C22H23N3O4. The van der Waals surface area contributed by atoms with E-state index in [0.717, 1.165) is 11.3 Å². The average Bonchev–Trinajstić information content (AvgIpc) is 2.74. The first-order valence-corrected chi connectivity index (χ1v) is 9.02. The smallest absolute Gasteiger partial charge is 0.255 e. The number of pyridine rings is 1. The maximum atomic E-state index is 12.4. The Balaban J connectivity index is 1.56. The Morgan fingerprint density at radius 2 is 1.55 bits per heavy atom. The number of anilines is 1. The summed E-state index contributed by atoms with van der Waals surface area (Å²) in [5.41, 5.74) is 7.83. The summed E-state index contributed by atoms with van der Waals surface area (Å²) in [6.07, 6.45) is 0. The van der Waals surface area contributed by atoms with Crippen LogP contribution in [0.25, 0.3) is 0 Å². The van der Waals surface area contributed by atoms with Gasteiger partial charge in [-0.25, -0.2) is 4.98 Å². The van der Waals surface area contributed by atoms with Crippen LogP contribution in [0.15, 0.2) is 60.7 Å². The molecule has 7 heteroatoms. The lowest BCUT2D eigenvalue weighted by atomic mass is 10.2. The number of methoxy groups -OCH3 is 2. The fraction of sp³-hybridized carbons (Fsp3) is 0.182. The predicted octanol–water partition coefficient (Wildman–Crippen LogP) is 3.54. The van der Waals surface area contributed by atoms with E-state index in [1.807, 2.05) is 48.5 Å². The van der Waals surface area contributed by atoms with Crippen molar-refractivity contribution in [2.75, 3.05) is 20.0 Å². The minimum Gasteiger partial charge on any atom is -0.497 e. The molecule has 0 aliphatic carbocycles. The van der Waals surface area contributed by atoms with E-state index in [-0.39, 0.29) is 11.7 Å². The first-order valence-electron chi connectivity index (χ1n) is 9.02. The standard InChI is InChI=1S/C22H23N3O4/c1-27-14-16-5-12-20(21(23)25-16)22(26)24-13-15-3-6-18(7-4-15)29-19-10-8-17(28-2)9-11-19/h3-12H,13-14H2,1-2H3,(H2,23,25)(H,24,26). The molecule has 0 bridgehead atoms. The molecule has 3 rings (SSSR count). The third kappa shape index (κ3) is 5.46. The first-order chi connectivity index (χ1) is 14.1. The van der Waals surface area contributed by atoms with E-state index in [2.05, 4.69) is 10.3 Å². The lowest BCUT2D eigenvalue weighted by molar-refractivity contribution is 0.0951. The zero-order chi connectivity index (χ0) is 20.6. The van der Waals surface area contributed by atoms with Crippen molar-refractivity contribution in [1.82, 2.24) is 10.3 Å². The van der Waals surface area contributed by atoms with Gasteiger partial charge in [0.05, 0.1) is 25.0 Å². The number of ether oxygens (including phenoxy) is 3. The Hall–Kier alpha value is -3.58. The van der Waals surface area contributed by atoms with Gasteiger partial charge in [0.15, 0.2) is 0 Å². The summed E-state index contributed by atoms with van der Waals surface area (Å²) in [5.74, 6) is 2.09. The van der Waals surface area contributed by atoms with Crippen molar-refractivity contribution < 1.29 is 19.0 Å². The summed E-state index contributed by atoms with van der Waals surface area (Å²) in [5, 5.41) is 2.84. The molecule has 1 aromatic heterocycles. The van der Waals surface area contributed by atoms with Crippen LogP contribution in [0.3, 0.4) is 0 Å². The molecule has 0 spiro atoms. The first kappa shape index (κ1) is 20.2. The topological polar surface area (TPSA) is 95.7 Å². The summed E-state index contributed by atoms with van der Waals surface area (Å²) in [6, 6.07) is 18.2. The highest BCUT2D eigenvalue weighted by Crippen LogP contribution is 2.24. The molecule has 0 saturated carbocycles. The largest absolute Gasteiger partial charge is 0.497 e. The molecule has 3 aromatic rings. The molecule has 0 fully saturated rings. The Kier molecular flexibility index (Phi) is 6.65. The molecule has 29 heavy (non-hydrogen) atoms. The Bertz CT molecular complexity index is 957. The lowest BCUT2D eigenvalue weighted by Gasteiger charge is -2.10. The van der Waals surface area contributed by atoms with Gasteiger partial charge >= 0.3 is 0 Å². The Morgan fingerprint density at radius 1 is 0.931 bits per heavy atom. The number of benzene rings is 2. The monoisotopic (exact) mass is 393 g/mol. The van der Waals surface area contributed by atoms with Crippen molar-refractivity contribution in [3.63, 3.8) is 0 Å². The Labute approximate surface area is 169 Å². The number of hydrogen-bond acceptors (Lipinski definition) is 6. The quantitative estimate of drug-likeness (QED) is 0.608. The highest BCUT2D eigenvalue weighted by Gasteiger charge is 2.11. The molecule has 1 heterocycles. The van der Waals surface area contributed by atoms with Crippen LogP contribution in [0.4, 0.5) is 5.82 Å². The van der Waals surface area contributed by atoms with Crippen molar-refractivity contribution >= 4 is 11.7 Å². The van der Waals surface area contributed by atoms with Crippen molar-refractivity contribution in [2.24, 2.45) is 0 Å². The van der Waals surface area contributed by atoms with Crippen LogP contribution in [0.1, 0.15) is 21.6 Å². The minimum atomic E-state index is -0.280. The van der Waals surface area contributed by atoms with Crippen molar-refractivity contribution in [3.8, 4) is 17.2 Å². The second-order valence-electron chi connectivity index (χ2n) is 6.27. The van der Waals surface area contributed by atoms with E-state index in [1.54, 1.807) is 26.4 Å². The van der Waals surface area contributed by atoms with Crippen LogP contribution in [0.2, 0.25) is 0 Å². The van der Waals surface area contributed by atoms with Crippen molar-refractivity contribution in [3.05, 3.63) is 77.5 Å². The number of amides is 1. The van der Waals surface area contributed by atoms with Gasteiger partial charge in [-0.1, -0.05) is 12.1 Å². The second kappa shape index (κ2) is 9.57. The molecule has 7 nitrogen and oxygen atoms in total. The van der Waals surface area contributed by atoms with Gasteiger partial charge in [0, 0.05) is 13.7 Å². The van der Waals surface area contributed by atoms with Crippen LogP contribution in [-0.4, -0.2) is 25.1 Å². The van der Waals surface area contributed by atoms with Crippen LogP contribution >= 0.6 is 0 Å². The molecular weight excluding hydrogens is 370 g/mol.